The van der Waals surface area contributed by atoms with Gasteiger partial charge in [-0.05, 0) is 51.7 Å². The second-order valence-electron chi connectivity index (χ2n) is 8.65. The average molecular weight is 466 g/mol. The van der Waals surface area contributed by atoms with E-state index in [9.17, 15) is 18.8 Å². The Hall–Kier alpha value is -3.30. The van der Waals surface area contributed by atoms with Crippen LogP contribution in [-0.2, 0) is 23.8 Å². The van der Waals surface area contributed by atoms with Crippen molar-refractivity contribution >= 4 is 29.4 Å². The molecular formula is C23H32FN3O6. The number of benzene rings is 1. The molecule has 0 radical (unpaired) electrons. The summed E-state index contributed by atoms with van der Waals surface area (Å²) in [4.78, 5) is 37.5. The van der Waals surface area contributed by atoms with E-state index in [1.165, 1.54) is 26.4 Å². The predicted octanol–water partition coefficient (Wildman–Crippen LogP) is 3.53. The molecule has 0 bridgehead atoms. The summed E-state index contributed by atoms with van der Waals surface area (Å²) in [5.41, 5.74) is -0.313. The first kappa shape index (κ1) is 26.0. The average Bonchev–Trinajstić information content (AvgIpc) is 2.76. The third-order valence-electron chi connectivity index (χ3n) is 4.99. The van der Waals surface area contributed by atoms with Gasteiger partial charge in [0, 0.05) is 19.6 Å². The molecule has 0 aliphatic carbocycles. The normalized spacial score (nSPS) is 15.0. The number of likely N-dealkylation sites (tertiary alicyclic amines) is 1. The first-order valence-electron chi connectivity index (χ1n) is 10.7. The fourth-order valence-electron chi connectivity index (χ4n) is 3.28. The molecule has 0 saturated carbocycles. The number of nitrogens with zero attached hydrogens (tertiary/aromatic N) is 1. The van der Waals surface area contributed by atoms with Crippen LogP contribution in [0.25, 0.3) is 0 Å². The fourth-order valence-corrected chi connectivity index (χ4v) is 3.28. The van der Waals surface area contributed by atoms with Crippen LogP contribution < -0.4 is 10.6 Å². The molecule has 1 aromatic carbocycles. The minimum atomic E-state index is -0.801. The van der Waals surface area contributed by atoms with Crippen molar-refractivity contribution in [3.05, 3.63) is 35.8 Å². The Bertz CT molecular complexity index is 889. The number of piperidine rings is 1. The van der Waals surface area contributed by atoms with Gasteiger partial charge in [-0.3, -0.25) is 0 Å². The van der Waals surface area contributed by atoms with Crippen molar-refractivity contribution in [3.8, 4) is 0 Å². The number of carbonyl (C=O) groups is 3. The number of hydrogen-bond donors (Lipinski definition) is 2. The summed E-state index contributed by atoms with van der Waals surface area (Å²) in [6.45, 7) is 7.05. The van der Waals surface area contributed by atoms with E-state index >= 15 is 0 Å². The number of amides is 1. The molecule has 2 N–H and O–H groups in total. The SMILES string of the molecule is COC(=O)/C=C(/Nc1cccc(F)c1NCC1CCN(C(=O)OC(C)(C)C)CC1)C(=O)OC. The highest BCUT2D eigenvalue weighted by Crippen LogP contribution is 2.28. The van der Waals surface area contributed by atoms with Crippen LogP contribution in [0.3, 0.4) is 0 Å². The van der Waals surface area contributed by atoms with Crippen LogP contribution in [0.15, 0.2) is 30.0 Å². The van der Waals surface area contributed by atoms with Gasteiger partial charge >= 0.3 is 18.0 Å². The zero-order valence-electron chi connectivity index (χ0n) is 19.7. The zero-order chi connectivity index (χ0) is 24.6. The summed E-state index contributed by atoms with van der Waals surface area (Å²) in [6.07, 6.45) is 2.08. The lowest BCUT2D eigenvalue weighted by Crippen LogP contribution is -2.42. The Kier molecular flexibility index (Phi) is 9.07. The number of esters is 2. The lowest BCUT2D eigenvalue weighted by molar-refractivity contribution is -0.138. The van der Waals surface area contributed by atoms with Crippen LogP contribution in [-0.4, -0.2) is 62.4 Å². The number of ether oxygens (including phenoxy) is 3. The number of carbonyl (C=O) groups excluding carboxylic acids is 3. The van der Waals surface area contributed by atoms with Crippen molar-refractivity contribution < 1.29 is 33.0 Å². The van der Waals surface area contributed by atoms with Crippen LogP contribution in [0.5, 0.6) is 0 Å². The van der Waals surface area contributed by atoms with Crippen LogP contribution in [0.2, 0.25) is 0 Å². The summed E-state index contributed by atoms with van der Waals surface area (Å²) in [5.74, 6) is -1.87. The molecule has 1 fully saturated rings. The van der Waals surface area contributed by atoms with Gasteiger partial charge in [0.2, 0.25) is 0 Å². The Morgan fingerprint density at radius 1 is 1.15 bits per heavy atom. The first-order valence-corrected chi connectivity index (χ1v) is 10.7. The van der Waals surface area contributed by atoms with E-state index in [1.54, 1.807) is 11.0 Å². The molecule has 0 atom stereocenters. The minimum absolute atomic E-state index is 0.159. The topological polar surface area (TPSA) is 106 Å². The highest BCUT2D eigenvalue weighted by atomic mass is 19.1. The van der Waals surface area contributed by atoms with Crippen molar-refractivity contribution in [1.29, 1.82) is 0 Å². The van der Waals surface area contributed by atoms with E-state index in [0.717, 1.165) is 18.9 Å². The maximum Gasteiger partial charge on any atom is 0.410 e. The highest BCUT2D eigenvalue weighted by molar-refractivity contribution is 5.99. The standard InChI is InChI=1S/C23H32FN3O6/c1-23(2,3)33-22(30)27-11-9-15(10-12-27)14-25-20-16(24)7-6-8-17(20)26-18(21(29)32-5)13-19(28)31-4/h6-8,13,15,25-26H,9-12,14H2,1-5H3/b18-13+. The molecule has 0 spiro atoms. The molecule has 2 rings (SSSR count). The van der Waals surface area contributed by atoms with Crippen LogP contribution >= 0.6 is 0 Å². The quantitative estimate of drug-likeness (QED) is 0.358. The van der Waals surface area contributed by atoms with Gasteiger partial charge < -0.3 is 29.7 Å². The number of methoxy groups -OCH3 is 2. The Morgan fingerprint density at radius 3 is 2.39 bits per heavy atom. The smallest absolute Gasteiger partial charge is 0.410 e. The lowest BCUT2D eigenvalue weighted by Gasteiger charge is -2.33. The van der Waals surface area contributed by atoms with Crippen molar-refractivity contribution in [2.24, 2.45) is 5.92 Å². The van der Waals surface area contributed by atoms with Gasteiger partial charge in [0.1, 0.15) is 17.1 Å². The molecule has 1 aliphatic rings. The Balaban J connectivity index is 2.04. The van der Waals surface area contributed by atoms with Gasteiger partial charge in [-0.1, -0.05) is 6.07 Å². The van der Waals surface area contributed by atoms with E-state index in [2.05, 4.69) is 20.1 Å². The number of para-hydroxylation sites is 1. The van der Waals surface area contributed by atoms with Gasteiger partial charge in [0.15, 0.2) is 0 Å². The van der Waals surface area contributed by atoms with Crippen LogP contribution in [0, 0.1) is 11.7 Å². The highest BCUT2D eigenvalue weighted by Gasteiger charge is 2.27. The number of hydrogen-bond acceptors (Lipinski definition) is 8. The second kappa shape index (κ2) is 11.5. The van der Waals surface area contributed by atoms with Gasteiger partial charge in [-0.25, -0.2) is 18.8 Å². The lowest BCUT2D eigenvalue weighted by atomic mass is 9.97. The van der Waals surface area contributed by atoms with E-state index in [1.807, 2.05) is 20.8 Å². The molecule has 1 amide bonds. The minimum Gasteiger partial charge on any atom is -0.466 e. The van der Waals surface area contributed by atoms with Gasteiger partial charge in [-0.15, -0.1) is 0 Å². The maximum absolute atomic E-state index is 14.6. The van der Waals surface area contributed by atoms with Crippen molar-refractivity contribution in [2.45, 2.75) is 39.2 Å². The number of rotatable bonds is 7. The zero-order valence-corrected chi connectivity index (χ0v) is 19.7. The van der Waals surface area contributed by atoms with Crippen LogP contribution in [0.1, 0.15) is 33.6 Å². The molecule has 33 heavy (non-hydrogen) atoms. The molecular weight excluding hydrogens is 433 g/mol. The molecule has 1 aromatic rings. The van der Waals surface area contributed by atoms with Gasteiger partial charge in [0.05, 0.1) is 31.7 Å². The first-order chi connectivity index (χ1) is 15.5. The van der Waals surface area contributed by atoms with E-state index < -0.39 is 23.4 Å². The van der Waals surface area contributed by atoms with E-state index in [4.69, 9.17) is 4.74 Å². The molecule has 1 heterocycles. The summed E-state index contributed by atoms with van der Waals surface area (Å²) < 4.78 is 29.2. The molecule has 1 aliphatic heterocycles. The van der Waals surface area contributed by atoms with Gasteiger partial charge in [0.25, 0.3) is 0 Å². The Morgan fingerprint density at radius 2 is 1.82 bits per heavy atom. The number of halogens is 1. The number of anilines is 2. The molecule has 0 aromatic heterocycles. The summed E-state index contributed by atoms with van der Waals surface area (Å²) in [6, 6.07) is 4.35. The van der Waals surface area contributed by atoms with Crippen molar-refractivity contribution in [3.63, 3.8) is 0 Å². The fraction of sp³-hybridized carbons (Fsp3) is 0.522. The molecule has 9 nitrogen and oxygen atoms in total. The van der Waals surface area contributed by atoms with Crippen molar-refractivity contribution in [2.75, 3.05) is 44.5 Å². The van der Waals surface area contributed by atoms with Crippen LogP contribution in [0.4, 0.5) is 20.6 Å². The Labute approximate surface area is 193 Å². The maximum atomic E-state index is 14.6. The van der Waals surface area contributed by atoms with E-state index in [-0.39, 0.29) is 29.1 Å². The van der Waals surface area contributed by atoms with Gasteiger partial charge in [-0.2, -0.15) is 0 Å². The summed E-state index contributed by atoms with van der Waals surface area (Å²) >= 11 is 0. The summed E-state index contributed by atoms with van der Waals surface area (Å²) in [5, 5.41) is 5.85. The van der Waals surface area contributed by atoms with Crippen molar-refractivity contribution in [1.82, 2.24) is 4.90 Å². The predicted molar refractivity (Wildman–Crippen MR) is 121 cm³/mol. The molecule has 182 valence electrons. The van der Waals surface area contributed by atoms with E-state index in [0.29, 0.717) is 19.6 Å². The number of nitrogens with one attached hydrogen (secondary N) is 2. The molecule has 0 unspecified atom stereocenters. The monoisotopic (exact) mass is 465 g/mol. The third kappa shape index (κ3) is 7.96. The molecule has 1 saturated heterocycles. The molecule has 10 heteroatoms. The third-order valence-corrected chi connectivity index (χ3v) is 4.99. The second-order valence-corrected chi connectivity index (χ2v) is 8.65. The largest absolute Gasteiger partial charge is 0.466 e. The summed E-state index contributed by atoms with van der Waals surface area (Å²) in [7, 11) is 2.35.